The number of nitrogens with zero attached hydrogens (tertiary/aromatic N) is 1. The Morgan fingerprint density at radius 2 is 2.00 bits per heavy atom. The van der Waals surface area contributed by atoms with Gasteiger partial charge in [-0.15, -0.1) is 0 Å². The van der Waals surface area contributed by atoms with E-state index < -0.39 is 11.4 Å². The molecule has 0 fully saturated rings. The second-order valence-electron chi connectivity index (χ2n) is 4.05. The summed E-state index contributed by atoms with van der Waals surface area (Å²) in [7, 11) is 1.45. The van der Waals surface area contributed by atoms with Gasteiger partial charge in [0.25, 0.3) is 5.91 Å². The van der Waals surface area contributed by atoms with Crippen molar-refractivity contribution in [3.05, 3.63) is 29.8 Å². The molecule has 0 aliphatic heterocycles. The molecule has 1 aromatic rings. The largest absolute Gasteiger partial charge is 0.446 e. The summed E-state index contributed by atoms with van der Waals surface area (Å²) in [5.41, 5.74) is -4.51. The molecular formula is C13H16F3NO3S. The molecule has 1 rings (SSSR count). The van der Waals surface area contributed by atoms with Crippen molar-refractivity contribution in [1.82, 2.24) is 4.90 Å². The van der Waals surface area contributed by atoms with E-state index in [1.54, 1.807) is 0 Å². The summed E-state index contributed by atoms with van der Waals surface area (Å²) in [6.45, 7) is 0.193. The van der Waals surface area contributed by atoms with Crippen molar-refractivity contribution in [2.24, 2.45) is 0 Å². The quantitative estimate of drug-likeness (QED) is 0.783. The van der Waals surface area contributed by atoms with E-state index in [1.807, 2.05) is 0 Å². The van der Waals surface area contributed by atoms with Crippen LogP contribution in [0.2, 0.25) is 0 Å². The number of hydrogen-bond donors (Lipinski definition) is 1. The molecule has 0 spiro atoms. The first-order chi connectivity index (χ1) is 9.89. The van der Waals surface area contributed by atoms with Crippen molar-refractivity contribution in [2.45, 2.75) is 10.4 Å². The van der Waals surface area contributed by atoms with Crippen molar-refractivity contribution < 1.29 is 27.8 Å². The zero-order valence-electron chi connectivity index (χ0n) is 11.4. The van der Waals surface area contributed by atoms with Crippen LogP contribution in [0.1, 0.15) is 10.4 Å². The average molecular weight is 323 g/mol. The number of hydrogen-bond acceptors (Lipinski definition) is 4. The molecular weight excluding hydrogens is 307 g/mol. The molecule has 0 aliphatic carbocycles. The monoisotopic (exact) mass is 323 g/mol. The molecule has 118 valence electrons. The number of carbonyl (C=O) groups is 1. The van der Waals surface area contributed by atoms with Crippen molar-refractivity contribution in [3.8, 4) is 0 Å². The summed E-state index contributed by atoms with van der Waals surface area (Å²) in [5, 5.41) is 8.97. The van der Waals surface area contributed by atoms with Crippen molar-refractivity contribution >= 4 is 17.7 Å². The Labute approximate surface area is 124 Å². The highest BCUT2D eigenvalue weighted by atomic mass is 32.2. The van der Waals surface area contributed by atoms with Gasteiger partial charge in [-0.2, -0.15) is 13.2 Å². The van der Waals surface area contributed by atoms with Crippen LogP contribution in [0, 0.1) is 0 Å². The molecule has 0 aromatic heterocycles. The first-order valence-corrected chi connectivity index (χ1v) is 6.94. The molecule has 0 saturated heterocycles. The lowest BCUT2D eigenvalue weighted by Gasteiger charge is -2.22. The van der Waals surface area contributed by atoms with Gasteiger partial charge >= 0.3 is 5.51 Å². The molecule has 0 bridgehead atoms. The summed E-state index contributed by atoms with van der Waals surface area (Å²) in [4.78, 5) is 13.4. The molecule has 8 heteroatoms. The van der Waals surface area contributed by atoms with E-state index in [-0.39, 0.29) is 48.5 Å². The van der Waals surface area contributed by atoms with Gasteiger partial charge in [-0.1, -0.05) is 12.1 Å². The lowest BCUT2D eigenvalue weighted by atomic mass is 10.2. The summed E-state index contributed by atoms with van der Waals surface area (Å²) in [6.07, 6.45) is 0. The molecule has 0 heterocycles. The minimum Gasteiger partial charge on any atom is -0.395 e. The van der Waals surface area contributed by atoms with Crippen LogP contribution >= 0.6 is 11.8 Å². The van der Waals surface area contributed by atoms with Crippen molar-refractivity contribution in [2.75, 3.05) is 33.4 Å². The number of aliphatic hydroxyl groups is 1. The van der Waals surface area contributed by atoms with E-state index in [1.165, 1.54) is 36.3 Å². The summed E-state index contributed by atoms with van der Waals surface area (Å²) < 4.78 is 42.4. The molecule has 0 saturated carbocycles. The van der Waals surface area contributed by atoms with Crippen LogP contribution in [0.15, 0.2) is 29.2 Å². The highest BCUT2D eigenvalue weighted by Gasteiger charge is 2.31. The second kappa shape index (κ2) is 8.26. The van der Waals surface area contributed by atoms with Crippen LogP contribution in [-0.4, -0.2) is 54.8 Å². The van der Waals surface area contributed by atoms with Gasteiger partial charge in [-0.3, -0.25) is 4.79 Å². The fourth-order valence-electron chi connectivity index (χ4n) is 1.66. The Morgan fingerprint density at radius 1 is 1.33 bits per heavy atom. The van der Waals surface area contributed by atoms with E-state index in [2.05, 4.69) is 0 Å². The number of methoxy groups -OCH3 is 1. The van der Waals surface area contributed by atoms with Crippen LogP contribution in [0.5, 0.6) is 0 Å². The predicted octanol–water partition coefficient (Wildman–Crippen LogP) is 2.38. The lowest BCUT2D eigenvalue weighted by Crippen LogP contribution is -2.36. The molecule has 0 radical (unpaired) electrons. The predicted molar refractivity (Wildman–Crippen MR) is 73.2 cm³/mol. The lowest BCUT2D eigenvalue weighted by molar-refractivity contribution is -0.0328. The summed E-state index contributed by atoms with van der Waals surface area (Å²) >= 11 is -0.326. The van der Waals surface area contributed by atoms with Crippen LogP contribution in [-0.2, 0) is 4.74 Å². The van der Waals surface area contributed by atoms with Crippen LogP contribution in [0.25, 0.3) is 0 Å². The Hall–Kier alpha value is -1.25. The van der Waals surface area contributed by atoms with Gasteiger partial charge in [0.05, 0.1) is 18.8 Å². The van der Waals surface area contributed by atoms with Gasteiger partial charge in [0.2, 0.25) is 0 Å². The number of carbonyl (C=O) groups excluding carboxylic acids is 1. The van der Waals surface area contributed by atoms with Crippen molar-refractivity contribution in [3.63, 3.8) is 0 Å². The number of thioether (sulfide) groups is 1. The Bertz CT molecular complexity index is 468. The first kappa shape index (κ1) is 17.8. The SMILES string of the molecule is COCCN(CCO)C(=O)c1ccccc1SC(F)(F)F. The maximum Gasteiger partial charge on any atom is 0.446 e. The topological polar surface area (TPSA) is 49.8 Å². The van der Waals surface area contributed by atoms with Gasteiger partial charge in [0, 0.05) is 25.1 Å². The molecule has 0 aliphatic rings. The normalized spacial score (nSPS) is 11.5. The maximum atomic E-state index is 12.5. The van der Waals surface area contributed by atoms with Gasteiger partial charge < -0.3 is 14.7 Å². The Kier molecular flexibility index (Phi) is 7.00. The number of halogens is 3. The van der Waals surface area contributed by atoms with Gasteiger partial charge in [0.1, 0.15) is 0 Å². The Morgan fingerprint density at radius 3 is 2.57 bits per heavy atom. The van der Waals surface area contributed by atoms with E-state index in [9.17, 15) is 18.0 Å². The molecule has 0 unspecified atom stereocenters. The third-order valence-corrected chi connectivity index (χ3v) is 3.37. The highest BCUT2D eigenvalue weighted by Crippen LogP contribution is 2.38. The number of ether oxygens (including phenoxy) is 1. The first-order valence-electron chi connectivity index (χ1n) is 6.13. The fraction of sp³-hybridized carbons (Fsp3) is 0.462. The number of rotatable bonds is 7. The molecule has 21 heavy (non-hydrogen) atoms. The molecule has 1 N–H and O–H groups in total. The third kappa shape index (κ3) is 5.94. The van der Waals surface area contributed by atoms with Crippen LogP contribution in [0.4, 0.5) is 13.2 Å². The number of amides is 1. The fourth-order valence-corrected chi connectivity index (χ4v) is 2.33. The molecule has 4 nitrogen and oxygen atoms in total. The number of alkyl halides is 3. The smallest absolute Gasteiger partial charge is 0.395 e. The minimum absolute atomic E-state index is 0.0349. The van der Waals surface area contributed by atoms with Crippen molar-refractivity contribution in [1.29, 1.82) is 0 Å². The van der Waals surface area contributed by atoms with Gasteiger partial charge in [0.15, 0.2) is 0 Å². The number of benzene rings is 1. The Balaban J connectivity index is 2.98. The zero-order valence-corrected chi connectivity index (χ0v) is 12.2. The average Bonchev–Trinajstić information content (AvgIpc) is 2.41. The third-order valence-electron chi connectivity index (χ3n) is 2.57. The van der Waals surface area contributed by atoms with E-state index in [0.717, 1.165) is 0 Å². The standard InChI is InChI=1S/C13H16F3NO3S/c1-20-9-7-17(6-8-18)12(19)10-4-2-3-5-11(10)21-13(14,15)16/h2-5,18H,6-9H2,1H3. The second-order valence-corrected chi connectivity index (χ2v) is 5.16. The maximum absolute atomic E-state index is 12.5. The van der Waals surface area contributed by atoms with E-state index >= 15 is 0 Å². The summed E-state index contributed by atoms with van der Waals surface area (Å²) in [6, 6.07) is 5.53. The van der Waals surface area contributed by atoms with E-state index in [4.69, 9.17) is 9.84 Å². The molecule has 1 amide bonds. The minimum atomic E-state index is -4.47. The van der Waals surface area contributed by atoms with Crippen LogP contribution < -0.4 is 0 Å². The van der Waals surface area contributed by atoms with E-state index in [0.29, 0.717) is 0 Å². The number of aliphatic hydroxyl groups excluding tert-OH is 1. The molecule has 0 atom stereocenters. The van der Waals surface area contributed by atoms with Crippen LogP contribution in [0.3, 0.4) is 0 Å². The highest BCUT2D eigenvalue weighted by molar-refractivity contribution is 8.00. The molecule has 1 aromatic carbocycles. The van der Waals surface area contributed by atoms with Gasteiger partial charge in [-0.25, -0.2) is 0 Å². The zero-order chi connectivity index (χ0) is 15.9. The van der Waals surface area contributed by atoms with Gasteiger partial charge in [-0.05, 0) is 23.9 Å². The summed E-state index contributed by atoms with van der Waals surface area (Å²) in [5.74, 6) is -0.562.